The number of rotatable bonds is 5. The molecule has 2 rings (SSSR count). The third-order valence-electron chi connectivity index (χ3n) is 3.44. The molecular formula is C15H19N5O2. The van der Waals surface area contributed by atoms with Crippen LogP contribution in [0.2, 0.25) is 0 Å². The van der Waals surface area contributed by atoms with Crippen molar-refractivity contribution in [3.05, 3.63) is 48.5 Å². The Balaban J connectivity index is 2.32. The molecule has 1 heterocycles. The summed E-state index contributed by atoms with van der Waals surface area (Å²) in [5, 5.41) is 10.5. The van der Waals surface area contributed by atoms with E-state index in [-0.39, 0.29) is 0 Å². The molecule has 0 saturated heterocycles. The van der Waals surface area contributed by atoms with Crippen LogP contribution in [0.1, 0.15) is 19.4 Å². The lowest BCUT2D eigenvalue weighted by Gasteiger charge is -2.26. The Kier molecular flexibility index (Phi) is 4.88. The second kappa shape index (κ2) is 6.84. The maximum atomic E-state index is 11.3. The summed E-state index contributed by atoms with van der Waals surface area (Å²) < 4.78 is 1.64. The van der Waals surface area contributed by atoms with Gasteiger partial charge < -0.3 is 5.32 Å². The maximum Gasteiger partial charge on any atom is 0.433 e. The summed E-state index contributed by atoms with van der Waals surface area (Å²) in [5.74, 6) is 0. The van der Waals surface area contributed by atoms with Crippen molar-refractivity contribution < 1.29 is 9.63 Å². The van der Waals surface area contributed by atoms with Crippen LogP contribution in [0.15, 0.2) is 48.1 Å². The first-order valence-electron chi connectivity index (χ1n) is 6.88. The highest BCUT2D eigenvalue weighted by Crippen LogP contribution is 2.25. The molecule has 7 nitrogen and oxygen atoms in total. The quantitative estimate of drug-likeness (QED) is 0.520. The Morgan fingerprint density at radius 2 is 2.09 bits per heavy atom. The van der Waals surface area contributed by atoms with E-state index >= 15 is 0 Å². The molecule has 0 spiro atoms. The zero-order chi connectivity index (χ0) is 16.0. The highest BCUT2D eigenvalue weighted by molar-refractivity contribution is 5.94. The molecule has 0 aliphatic heterocycles. The molecule has 0 atom stereocenters. The van der Waals surface area contributed by atoms with Crippen LogP contribution < -0.4 is 5.32 Å². The van der Waals surface area contributed by atoms with Crippen LogP contribution in [-0.2, 0) is 16.8 Å². The number of amides is 1. The summed E-state index contributed by atoms with van der Waals surface area (Å²) >= 11 is 0. The third kappa shape index (κ3) is 3.69. The van der Waals surface area contributed by atoms with Gasteiger partial charge in [-0.3, -0.25) is 4.84 Å². The Labute approximate surface area is 129 Å². The molecule has 0 aliphatic carbocycles. The Morgan fingerprint density at radius 1 is 1.36 bits per heavy atom. The number of hydrogen-bond donors (Lipinski definition) is 1. The first kappa shape index (κ1) is 15.7. The van der Waals surface area contributed by atoms with Crippen LogP contribution >= 0.6 is 0 Å². The minimum atomic E-state index is -0.611. The van der Waals surface area contributed by atoms with E-state index in [2.05, 4.69) is 20.6 Å². The largest absolute Gasteiger partial charge is 0.433 e. The zero-order valence-electron chi connectivity index (χ0n) is 12.9. The molecule has 1 aromatic carbocycles. The van der Waals surface area contributed by atoms with Gasteiger partial charge in [-0.1, -0.05) is 49.3 Å². The van der Waals surface area contributed by atoms with Crippen LogP contribution in [-0.4, -0.2) is 33.6 Å². The van der Waals surface area contributed by atoms with E-state index in [1.54, 1.807) is 11.0 Å². The Bertz CT molecular complexity index is 635. The summed E-state index contributed by atoms with van der Waals surface area (Å²) in [5.41, 5.74) is 1.29. The van der Waals surface area contributed by atoms with Crippen molar-refractivity contribution in [3.63, 3.8) is 0 Å². The molecule has 7 heteroatoms. The molecule has 116 valence electrons. The lowest BCUT2D eigenvalue weighted by Crippen LogP contribution is -2.33. The van der Waals surface area contributed by atoms with Crippen LogP contribution in [0.3, 0.4) is 0 Å². The molecule has 0 bridgehead atoms. The van der Waals surface area contributed by atoms with E-state index in [1.807, 2.05) is 44.2 Å². The predicted molar refractivity (Wildman–Crippen MR) is 82.5 cm³/mol. The zero-order valence-corrected chi connectivity index (χ0v) is 12.9. The molecule has 0 unspecified atom stereocenters. The molecule has 0 saturated carbocycles. The number of nitrogens with zero attached hydrogens (tertiary/aromatic N) is 4. The standard InChI is InChI=1S/C15H19N5O2/c1-15(2,12-7-5-4-6-8-12)13(19-22-14(21)16-3)9-20-11-17-10-18-20/h4-8,10-11H,9H2,1-3H3,(H,16,21). The summed E-state index contributed by atoms with van der Waals surface area (Å²) in [6.07, 6.45) is 2.43. The smallest absolute Gasteiger partial charge is 0.323 e. The average Bonchev–Trinajstić information content (AvgIpc) is 3.04. The monoisotopic (exact) mass is 301 g/mol. The van der Waals surface area contributed by atoms with Gasteiger partial charge in [0.1, 0.15) is 12.7 Å². The van der Waals surface area contributed by atoms with Crippen LogP contribution in [0.5, 0.6) is 0 Å². The van der Waals surface area contributed by atoms with Gasteiger partial charge >= 0.3 is 6.09 Å². The van der Waals surface area contributed by atoms with E-state index in [1.165, 1.54) is 13.4 Å². The maximum absolute atomic E-state index is 11.3. The highest BCUT2D eigenvalue weighted by atomic mass is 16.7. The van der Waals surface area contributed by atoms with Crippen molar-refractivity contribution in [2.45, 2.75) is 25.8 Å². The second-order valence-corrected chi connectivity index (χ2v) is 5.25. The number of aromatic nitrogens is 3. The van der Waals surface area contributed by atoms with Crippen molar-refractivity contribution in [3.8, 4) is 0 Å². The number of hydrogen-bond acceptors (Lipinski definition) is 5. The topological polar surface area (TPSA) is 81.4 Å². The summed E-state index contributed by atoms with van der Waals surface area (Å²) in [6.45, 7) is 4.41. The van der Waals surface area contributed by atoms with Gasteiger partial charge in [-0.15, -0.1) is 0 Å². The molecule has 0 fully saturated rings. The lowest BCUT2D eigenvalue weighted by molar-refractivity contribution is 0.151. The number of carbonyl (C=O) groups excluding carboxylic acids is 1. The van der Waals surface area contributed by atoms with E-state index < -0.39 is 11.5 Å². The highest BCUT2D eigenvalue weighted by Gasteiger charge is 2.29. The Morgan fingerprint density at radius 3 is 2.68 bits per heavy atom. The molecule has 0 radical (unpaired) electrons. The summed E-state index contributed by atoms with van der Waals surface area (Å²) in [4.78, 5) is 20.1. The Hall–Kier alpha value is -2.70. The fourth-order valence-electron chi connectivity index (χ4n) is 1.97. The average molecular weight is 301 g/mol. The van der Waals surface area contributed by atoms with Crippen molar-refractivity contribution in [2.24, 2.45) is 5.16 Å². The van der Waals surface area contributed by atoms with Gasteiger partial charge in [-0.2, -0.15) is 5.10 Å². The predicted octanol–water partition coefficient (Wildman–Crippen LogP) is 1.97. The molecule has 1 amide bonds. The van der Waals surface area contributed by atoms with Crippen molar-refractivity contribution in [2.75, 3.05) is 7.05 Å². The summed E-state index contributed by atoms with van der Waals surface area (Å²) in [6, 6.07) is 9.90. The minimum Gasteiger partial charge on any atom is -0.323 e. The fraction of sp³-hybridized carbons (Fsp3) is 0.333. The lowest BCUT2D eigenvalue weighted by atomic mass is 9.80. The van der Waals surface area contributed by atoms with E-state index in [9.17, 15) is 4.79 Å². The molecule has 1 N–H and O–H groups in total. The molecule has 1 aromatic heterocycles. The van der Waals surface area contributed by atoms with Gasteiger partial charge in [0.05, 0.1) is 12.3 Å². The van der Waals surface area contributed by atoms with Crippen molar-refractivity contribution in [1.29, 1.82) is 0 Å². The third-order valence-corrected chi connectivity index (χ3v) is 3.44. The summed E-state index contributed by atoms with van der Waals surface area (Å²) in [7, 11) is 1.48. The number of carbonyl (C=O) groups is 1. The normalized spacial score (nSPS) is 12.0. The number of benzene rings is 1. The molecule has 0 aliphatic rings. The van der Waals surface area contributed by atoms with Gasteiger partial charge in [0.2, 0.25) is 0 Å². The first-order valence-corrected chi connectivity index (χ1v) is 6.88. The fourth-order valence-corrected chi connectivity index (χ4v) is 1.97. The molecule has 2 aromatic rings. The van der Waals surface area contributed by atoms with Crippen molar-refractivity contribution in [1.82, 2.24) is 20.1 Å². The van der Waals surface area contributed by atoms with E-state index in [0.717, 1.165) is 5.56 Å². The van der Waals surface area contributed by atoms with Gasteiger partial charge in [-0.05, 0) is 5.56 Å². The van der Waals surface area contributed by atoms with Gasteiger partial charge in [0, 0.05) is 12.5 Å². The first-order chi connectivity index (χ1) is 10.5. The number of oxime groups is 1. The van der Waals surface area contributed by atoms with E-state index in [0.29, 0.717) is 12.3 Å². The van der Waals surface area contributed by atoms with Crippen LogP contribution in [0, 0.1) is 0 Å². The molecule has 22 heavy (non-hydrogen) atoms. The second-order valence-electron chi connectivity index (χ2n) is 5.25. The SMILES string of the molecule is CNC(=O)ON=C(Cn1cncn1)C(C)(C)c1ccccc1. The van der Waals surface area contributed by atoms with Crippen LogP contribution in [0.4, 0.5) is 4.79 Å². The van der Waals surface area contributed by atoms with Crippen molar-refractivity contribution >= 4 is 11.8 Å². The van der Waals surface area contributed by atoms with E-state index in [4.69, 9.17) is 4.84 Å². The minimum absolute atomic E-state index is 0.374. The van der Waals surface area contributed by atoms with Gasteiger partial charge in [-0.25, -0.2) is 14.5 Å². The van der Waals surface area contributed by atoms with Gasteiger partial charge in [0.15, 0.2) is 0 Å². The number of nitrogens with one attached hydrogen (secondary N) is 1. The van der Waals surface area contributed by atoms with Gasteiger partial charge in [0.25, 0.3) is 0 Å². The van der Waals surface area contributed by atoms with Crippen LogP contribution in [0.25, 0.3) is 0 Å². The molecular weight excluding hydrogens is 282 g/mol.